The molecule has 0 bridgehead atoms. The second-order valence-corrected chi connectivity index (χ2v) is 4.04. The Morgan fingerprint density at radius 1 is 1.40 bits per heavy atom. The smallest absolute Gasteiger partial charge is 0.330 e. The summed E-state index contributed by atoms with van der Waals surface area (Å²) in [6.07, 6.45) is 6.52. The molecule has 0 atom stereocenters. The van der Waals surface area contributed by atoms with Gasteiger partial charge >= 0.3 is 5.97 Å². The first-order valence-electron chi connectivity index (χ1n) is 5.42. The van der Waals surface area contributed by atoms with Crippen molar-refractivity contribution in [2.45, 2.75) is 40.0 Å². The van der Waals surface area contributed by atoms with Crippen molar-refractivity contribution >= 4 is 12.2 Å². The highest BCUT2D eigenvalue weighted by Gasteiger charge is 1.96. The molecule has 0 amide bonds. The van der Waals surface area contributed by atoms with Crippen LogP contribution in [0.2, 0.25) is 0 Å². The maximum atomic E-state index is 10.4. The largest absolute Gasteiger partial charge is 0.478 e. The quantitative estimate of drug-likeness (QED) is 0.400. The number of carboxylic acid groups (broad SMARTS) is 1. The van der Waals surface area contributed by atoms with Gasteiger partial charge in [-0.1, -0.05) is 19.9 Å². The number of aliphatic imine (C=N–C) groups is 1. The minimum atomic E-state index is -0.848. The Bertz CT molecular complexity index is 242. The lowest BCUT2D eigenvalue weighted by atomic mass is 10.1. The molecule has 0 saturated heterocycles. The standard InChI is InChI=1S/C12H21NO2/c1-10(2)6-4-8-13-9-5-7-11(3)12(14)15/h7-8,10H,4-6,9H2,1-3H3,(H,14,15). The van der Waals surface area contributed by atoms with E-state index in [0.29, 0.717) is 24.5 Å². The Balaban J connectivity index is 3.54. The summed E-state index contributed by atoms with van der Waals surface area (Å²) in [5, 5.41) is 8.58. The SMILES string of the molecule is CC(=CCCN=CCCC(C)C)C(=O)O. The van der Waals surface area contributed by atoms with Crippen LogP contribution < -0.4 is 0 Å². The minimum absolute atomic E-state index is 0.396. The number of hydrogen-bond donors (Lipinski definition) is 1. The second-order valence-electron chi connectivity index (χ2n) is 4.04. The Labute approximate surface area is 91.9 Å². The monoisotopic (exact) mass is 211 g/mol. The number of carbonyl (C=O) groups is 1. The lowest BCUT2D eigenvalue weighted by Gasteiger charge is -1.98. The fourth-order valence-electron chi connectivity index (χ4n) is 1.03. The predicted molar refractivity (Wildman–Crippen MR) is 63.4 cm³/mol. The van der Waals surface area contributed by atoms with Crippen molar-refractivity contribution in [3.05, 3.63) is 11.6 Å². The fourth-order valence-corrected chi connectivity index (χ4v) is 1.03. The van der Waals surface area contributed by atoms with Gasteiger partial charge in [-0.3, -0.25) is 4.99 Å². The molecule has 0 aromatic heterocycles. The van der Waals surface area contributed by atoms with Gasteiger partial charge in [0, 0.05) is 12.1 Å². The zero-order valence-corrected chi connectivity index (χ0v) is 9.86. The highest BCUT2D eigenvalue weighted by atomic mass is 16.4. The molecule has 0 aliphatic carbocycles. The molecule has 0 aromatic carbocycles. The Kier molecular flexibility index (Phi) is 7.60. The number of rotatable bonds is 7. The fraction of sp³-hybridized carbons (Fsp3) is 0.667. The van der Waals surface area contributed by atoms with Crippen LogP contribution in [0.5, 0.6) is 0 Å². The van der Waals surface area contributed by atoms with E-state index < -0.39 is 5.97 Å². The van der Waals surface area contributed by atoms with E-state index in [2.05, 4.69) is 18.8 Å². The molecule has 3 nitrogen and oxygen atoms in total. The predicted octanol–water partition coefficient (Wildman–Crippen LogP) is 2.91. The Morgan fingerprint density at radius 3 is 2.60 bits per heavy atom. The van der Waals surface area contributed by atoms with E-state index in [1.807, 2.05) is 6.21 Å². The van der Waals surface area contributed by atoms with Crippen molar-refractivity contribution in [1.29, 1.82) is 0 Å². The van der Waals surface area contributed by atoms with Gasteiger partial charge in [0.2, 0.25) is 0 Å². The van der Waals surface area contributed by atoms with Crippen LogP contribution in [0.3, 0.4) is 0 Å². The van der Waals surface area contributed by atoms with Crippen molar-refractivity contribution in [3.8, 4) is 0 Å². The lowest BCUT2D eigenvalue weighted by molar-refractivity contribution is -0.132. The molecule has 0 heterocycles. The van der Waals surface area contributed by atoms with E-state index in [1.54, 1.807) is 13.0 Å². The third-order valence-corrected chi connectivity index (χ3v) is 2.05. The summed E-state index contributed by atoms with van der Waals surface area (Å²) in [5.74, 6) is -0.135. The molecule has 0 aliphatic rings. The topological polar surface area (TPSA) is 49.7 Å². The molecule has 0 aliphatic heterocycles. The van der Waals surface area contributed by atoms with Gasteiger partial charge in [-0.05, 0) is 38.3 Å². The molecule has 86 valence electrons. The average Bonchev–Trinajstić information content (AvgIpc) is 2.15. The summed E-state index contributed by atoms with van der Waals surface area (Å²) in [7, 11) is 0. The molecular weight excluding hydrogens is 190 g/mol. The lowest BCUT2D eigenvalue weighted by Crippen LogP contribution is -1.96. The van der Waals surface area contributed by atoms with Gasteiger partial charge < -0.3 is 5.11 Å². The summed E-state index contributed by atoms with van der Waals surface area (Å²) in [6, 6.07) is 0. The van der Waals surface area contributed by atoms with Crippen LogP contribution in [0.25, 0.3) is 0 Å². The van der Waals surface area contributed by atoms with Crippen molar-refractivity contribution in [2.24, 2.45) is 10.9 Å². The van der Waals surface area contributed by atoms with E-state index in [-0.39, 0.29) is 0 Å². The Morgan fingerprint density at radius 2 is 2.07 bits per heavy atom. The van der Waals surface area contributed by atoms with Crippen molar-refractivity contribution < 1.29 is 9.90 Å². The van der Waals surface area contributed by atoms with E-state index >= 15 is 0 Å². The number of aliphatic carboxylic acids is 1. The molecule has 0 rings (SSSR count). The van der Waals surface area contributed by atoms with Crippen LogP contribution >= 0.6 is 0 Å². The zero-order chi connectivity index (χ0) is 11.7. The third kappa shape index (κ3) is 9.19. The maximum Gasteiger partial charge on any atom is 0.330 e. The van der Waals surface area contributed by atoms with Gasteiger partial charge in [-0.25, -0.2) is 4.79 Å². The first-order valence-corrected chi connectivity index (χ1v) is 5.42. The molecule has 0 aromatic rings. The molecule has 3 heteroatoms. The first-order chi connectivity index (χ1) is 7.04. The summed E-state index contributed by atoms with van der Waals surface area (Å²) < 4.78 is 0. The number of carboxylic acids is 1. The van der Waals surface area contributed by atoms with Gasteiger partial charge in [-0.2, -0.15) is 0 Å². The van der Waals surface area contributed by atoms with Gasteiger partial charge in [-0.15, -0.1) is 0 Å². The highest BCUT2D eigenvalue weighted by molar-refractivity contribution is 5.85. The maximum absolute atomic E-state index is 10.4. The van der Waals surface area contributed by atoms with Gasteiger partial charge in [0.05, 0.1) is 0 Å². The molecule has 0 radical (unpaired) electrons. The number of hydrogen-bond acceptors (Lipinski definition) is 2. The van der Waals surface area contributed by atoms with Gasteiger partial charge in [0.25, 0.3) is 0 Å². The van der Waals surface area contributed by atoms with Crippen LogP contribution in [0.4, 0.5) is 0 Å². The van der Waals surface area contributed by atoms with Crippen LogP contribution in [0.1, 0.15) is 40.0 Å². The highest BCUT2D eigenvalue weighted by Crippen LogP contribution is 2.01. The number of nitrogens with zero attached hydrogens (tertiary/aromatic N) is 1. The van der Waals surface area contributed by atoms with Crippen molar-refractivity contribution in [1.82, 2.24) is 0 Å². The van der Waals surface area contributed by atoms with Crippen LogP contribution in [-0.4, -0.2) is 23.8 Å². The van der Waals surface area contributed by atoms with Gasteiger partial charge in [0.15, 0.2) is 0 Å². The van der Waals surface area contributed by atoms with E-state index in [9.17, 15) is 4.79 Å². The third-order valence-electron chi connectivity index (χ3n) is 2.05. The zero-order valence-electron chi connectivity index (χ0n) is 9.86. The molecule has 0 saturated carbocycles. The average molecular weight is 211 g/mol. The van der Waals surface area contributed by atoms with Crippen LogP contribution in [0, 0.1) is 5.92 Å². The van der Waals surface area contributed by atoms with Crippen LogP contribution in [-0.2, 0) is 4.79 Å². The normalized spacial score (nSPS) is 12.7. The first kappa shape index (κ1) is 13.9. The Hall–Kier alpha value is -1.12. The molecule has 15 heavy (non-hydrogen) atoms. The van der Waals surface area contributed by atoms with Crippen molar-refractivity contribution in [3.63, 3.8) is 0 Å². The molecule has 0 fully saturated rings. The van der Waals surface area contributed by atoms with E-state index in [0.717, 1.165) is 12.8 Å². The molecular formula is C12H21NO2. The molecule has 0 unspecified atom stereocenters. The summed E-state index contributed by atoms with van der Waals surface area (Å²) in [4.78, 5) is 14.6. The summed E-state index contributed by atoms with van der Waals surface area (Å²) >= 11 is 0. The van der Waals surface area contributed by atoms with Gasteiger partial charge in [0.1, 0.15) is 0 Å². The van der Waals surface area contributed by atoms with E-state index in [1.165, 1.54) is 0 Å². The summed E-state index contributed by atoms with van der Waals surface area (Å²) in [5.41, 5.74) is 0.396. The summed E-state index contributed by atoms with van der Waals surface area (Å²) in [6.45, 7) is 6.66. The van der Waals surface area contributed by atoms with Crippen molar-refractivity contribution in [2.75, 3.05) is 6.54 Å². The minimum Gasteiger partial charge on any atom is -0.478 e. The van der Waals surface area contributed by atoms with E-state index in [4.69, 9.17) is 5.11 Å². The molecule has 0 spiro atoms. The second kappa shape index (κ2) is 8.21. The molecule has 1 N–H and O–H groups in total. The van der Waals surface area contributed by atoms with Crippen LogP contribution in [0.15, 0.2) is 16.6 Å².